The number of carbonyl (C=O) groups is 2. The van der Waals surface area contributed by atoms with Crippen molar-refractivity contribution in [1.82, 2.24) is 10.9 Å². The number of hydrogen-bond acceptors (Lipinski definition) is 4. The molecule has 0 saturated carbocycles. The van der Waals surface area contributed by atoms with E-state index in [1.807, 2.05) is 19.1 Å². The van der Waals surface area contributed by atoms with Crippen molar-refractivity contribution in [3.05, 3.63) is 59.7 Å². The van der Waals surface area contributed by atoms with Gasteiger partial charge in [0, 0.05) is 6.07 Å². The average molecular weight is 378 g/mol. The van der Waals surface area contributed by atoms with Gasteiger partial charge in [0.2, 0.25) is 0 Å². The maximum Gasteiger partial charge on any atom is 0.279 e. The van der Waals surface area contributed by atoms with Gasteiger partial charge in [0.15, 0.2) is 24.3 Å². The smallest absolute Gasteiger partial charge is 0.279 e. The van der Waals surface area contributed by atoms with Crippen molar-refractivity contribution in [2.24, 2.45) is 0 Å². The van der Waals surface area contributed by atoms with Crippen LogP contribution in [-0.2, 0) is 16.0 Å². The van der Waals surface area contributed by atoms with E-state index in [0.717, 1.165) is 24.1 Å². The number of carbonyl (C=O) groups excluding carboxylic acids is 2. The zero-order valence-corrected chi connectivity index (χ0v) is 14.9. The third-order valence-corrected chi connectivity index (χ3v) is 3.61. The highest BCUT2D eigenvalue weighted by atomic mass is 19.2. The average Bonchev–Trinajstić information content (AvgIpc) is 2.67. The Bertz CT molecular complexity index is 814. The van der Waals surface area contributed by atoms with Gasteiger partial charge in [-0.2, -0.15) is 0 Å². The first kappa shape index (κ1) is 20.2. The van der Waals surface area contributed by atoms with Gasteiger partial charge < -0.3 is 9.47 Å². The highest BCUT2D eigenvalue weighted by Gasteiger charge is 2.16. The Morgan fingerprint density at radius 1 is 1.07 bits per heavy atom. The number of aryl methyl sites for hydroxylation is 1. The summed E-state index contributed by atoms with van der Waals surface area (Å²) >= 11 is 0. The van der Waals surface area contributed by atoms with Gasteiger partial charge in [0.05, 0.1) is 0 Å². The molecule has 0 spiro atoms. The van der Waals surface area contributed by atoms with E-state index in [9.17, 15) is 18.4 Å². The Hall–Kier alpha value is -3.16. The zero-order chi connectivity index (χ0) is 19.8. The van der Waals surface area contributed by atoms with Gasteiger partial charge in [0.1, 0.15) is 11.5 Å². The SMILES string of the molecule is CCc1ccccc1OCC(=O)NNC(=O)C(C)Oc1ccc(F)c(F)c1. The number of amides is 2. The van der Waals surface area contributed by atoms with Crippen molar-refractivity contribution < 1.29 is 27.8 Å². The molecule has 0 radical (unpaired) electrons. The van der Waals surface area contributed by atoms with Crippen LogP contribution in [0.25, 0.3) is 0 Å². The molecule has 0 aliphatic carbocycles. The molecule has 0 aliphatic heterocycles. The summed E-state index contributed by atoms with van der Waals surface area (Å²) in [6, 6.07) is 10.2. The largest absolute Gasteiger partial charge is 0.483 e. The van der Waals surface area contributed by atoms with E-state index in [1.165, 1.54) is 13.0 Å². The molecule has 1 atom stereocenters. The van der Waals surface area contributed by atoms with Gasteiger partial charge >= 0.3 is 0 Å². The summed E-state index contributed by atoms with van der Waals surface area (Å²) in [5.41, 5.74) is 5.34. The van der Waals surface area contributed by atoms with Crippen molar-refractivity contribution >= 4 is 11.8 Å². The van der Waals surface area contributed by atoms with Crippen molar-refractivity contribution in [2.75, 3.05) is 6.61 Å². The van der Waals surface area contributed by atoms with E-state index in [4.69, 9.17) is 9.47 Å². The Balaban J connectivity index is 1.78. The second-order valence-electron chi connectivity index (χ2n) is 5.62. The lowest BCUT2D eigenvalue weighted by atomic mass is 10.1. The van der Waals surface area contributed by atoms with Crippen LogP contribution in [0.15, 0.2) is 42.5 Å². The standard InChI is InChI=1S/C19H20F2N2O4/c1-3-13-6-4-5-7-17(13)26-11-18(24)22-23-19(25)12(2)27-14-8-9-15(20)16(21)10-14/h4-10,12H,3,11H2,1-2H3,(H,22,24)(H,23,25). The molecule has 2 N–H and O–H groups in total. The predicted octanol–water partition coefficient (Wildman–Crippen LogP) is 2.52. The summed E-state index contributed by atoms with van der Waals surface area (Å²) in [6.45, 7) is 3.09. The molecule has 0 bridgehead atoms. The van der Waals surface area contributed by atoms with E-state index in [-0.39, 0.29) is 12.4 Å². The molecule has 27 heavy (non-hydrogen) atoms. The Morgan fingerprint density at radius 2 is 1.81 bits per heavy atom. The minimum absolute atomic E-state index is 0.0117. The minimum Gasteiger partial charge on any atom is -0.483 e. The maximum absolute atomic E-state index is 13.1. The summed E-state index contributed by atoms with van der Waals surface area (Å²) in [6.07, 6.45) is -0.287. The molecule has 2 amide bonds. The van der Waals surface area contributed by atoms with Crippen LogP contribution >= 0.6 is 0 Å². The molecule has 2 rings (SSSR count). The van der Waals surface area contributed by atoms with Crippen LogP contribution in [0, 0.1) is 11.6 Å². The Kier molecular flexibility index (Phi) is 7.10. The van der Waals surface area contributed by atoms with Gasteiger partial charge in [-0.05, 0) is 37.1 Å². The molecule has 0 aliphatic rings. The topological polar surface area (TPSA) is 76.7 Å². The van der Waals surface area contributed by atoms with Crippen LogP contribution in [-0.4, -0.2) is 24.5 Å². The fourth-order valence-corrected chi connectivity index (χ4v) is 2.16. The first-order valence-corrected chi connectivity index (χ1v) is 8.31. The monoisotopic (exact) mass is 378 g/mol. The highest BCUT2D eigenvalue weighted by molar-refractivity contribution is 5.85. The van der Waals surface area contributed by atoms with Gasteiger partial charge in [0.25, 0.3) is 11.8 Å². The van der Waals surface area contributed by atoms with E-state index in [2.05, 4.69) is 10.9 Å². The van der Waals surface area contributed by atoms with Crippen LogP contribution in [0.1, 0.15) is 19.4 Å². The maximum atomic E-state index is 13.1. The molecular formula is C19H20F2N2O4. The number of hydrogen-bond donors (Lipinski definition) is 2. The second-order valence-corrected chi connectivity index (χ2v) is 5.62. The molecule has 0 heterocycles. The van der Waals surface area contributed by atoms with Gasteiger partial charge in [-0.1, -0.05) is 25.1 Å². The quantitative estimate of drug-likeness (QED) is 0.726. The molecular weight excluding hydrogens is 358 g/mol. The molecule has 0 saturated heterocycles. The van der Waals surface area contributed by atoms with Crippen molar-refractivity contribution in [3.63, 3.8) is 0 Å². The normalized spacial score (nSPS) is 11.4. The van der Waals surface area contributed by atoms with E-state index in [1.54, 1.807) is 12.1 Å². The van der Waals surface area contributed by atoms with Crippen LogP contribution in [0.5, 0.6) is 11.5 Å². The lowest BCUT2D eigenvalue weighted by Crippen LogP contribution is -2.48. The van der Waals surface area contributed by atoms with Gasteiger partial charge in [-0.25, -0.2) is 8.78 Å². The fraction of sp³-hybridized carbons (Fsp3) is 0.263. The van der Waals surface area contributed by atoms with E-state index in [0.29, 0.717) is 5.75 Å². The lowest BCUT2D eigenvalue weighted by Gasteiger charge is -2.15. The number of nitrogens with one attached hydrogen (secondary N) is 2. The van der Waals surface area contributed by atoms with E-state index >= 15 is 0 Å². The van der Waals surface area contributed by atoms with Crippen LogP contribution in [0.4, 0.5) is 8.78 Å². The molecule has 1 unspecified atom stereocenters. The Labute approximate surface area is 155 Å². The summed E-state index contributed by atoms with van der Waals surface area (Å²) < 4.78 is 36.6. The summed E-state index contributed by atoms with van der Waals surface area (Å²) in [7, 11) is 0. The molecule has 0 aromatic heterocycles. The first-order valence-electron chi connectivity index (χ1n) is 8.31. The number of ether oxygens (including phenoxy) is 2. The number of hydrazine groups is 1. The molecule has 144 valence electrons. The molecule has 0 fully saturated rings. The molecule has 8 heteroatoms. The second kappa shape index (κ2) is 9.51. The van der Waals surface area contributed by atoms with Crippen LogP contribution < -0.4 is 20.3 Å². The molecule has 6 nitrogen and oxygen atoms in total. The summed E-state index contributed by atoms with van der Waals surface area (Å²) in [4.78, 5) is 23.7. The zero-order valence-electron chi connectivity index (χ0n) is 14.9. The fourth-order valence-electron chi connectivity index (χ4n) is 2.16. The third kappa shape index (κ3) is 5.95. The van der Waals surface area contributed by atoms with Gasteiger partial charge in [-0.15, -0.1) is 0 Å². The van der Waals surface area contributed by atoms with Gasteiger partial charge in [-0.3, -0.25) is 20.4 Å². The minimum atomic E-state index is -1.09. The third-order valence-electron chi connectivity index (χ3n) is 3.61. The predicted molar refractivity (Wildman–Crippen MR) is 94.0 cm³/mol. The Morgan fingerprint density at radius 3 is 2.52 bits per heavy atom. The first-order chi connectivity index (χ1) is 12.9. The van der Waals surface area contributed by atoms with Crippen molar-refractivity contribution in [1.29, 1.82) is 0 Å². The number of rotatable bonds is 7. The lowest BCUT2D eigenvalue weighted by molar-refractivity contribution is -0.133. The van der Waals surface area contributed by atoms with Crippen molar-refractivity contribution in [3.8, 4) is 11.5 Å². The van der Waals surface area contributed by atoms with E-state index < -0.39 is 29.6 Å². The highest BCUT2D eigenvalue weighted by Crippen LogP contribution is 2.18. The summed E-state index contributed by atoms with van der Waals surface area (Å²) in [5, 5.41) is 0. The number of benzene rings is 2. The van der Waals surface area contributed by atoms with Crippen molar-refractivity contribution in [2.45, 2.75) is 26.4 Å². The number of halogens is 2. The number of para-hydroxylation sites is 1. The van der Waals surface area contributed by atoms with Crippen LogP contribution in [0.3, 0.4) is 0 Å². The molecule has 2 aromatic rings. The van der Waals surface area contributed by atoms with Crippen LogP contribution in [0.2, 0.25) is 0 Å². The summed E-state index contributed by atoms with van der Waals surface area (Å²) in [5.74, 6) is -2.75. The molecule has 2 aromatic carbocycles.